The minimum Gasteiger partial charge on any atom is -0.395 e. The number of aliphatic hydroxyl groups is 1. The van der Waals surface area contributed by atoms with Gasteiger partial charge in [0.1, 0.15) is 12.9 Å². The highest BCUT2D eigenvalue weighted by Crippen LogP contribution is 2.42. The molecule has 0 unspecified atom stereocenters. The standard InChI is InChI=1S/C24H30N4O2/c1-30-12-4-5-19-6-8-21(9-7-19)24-22-16-27(15-20-13-25-18-26-14-20)10-2-3-11-28(22)23(24)17-29/h6-9,13-14,18,22-24,29H,2-3,10-12,15-17H2,1H3/t22-,23-,24+/m0/s1. The van der Waals surface area contributed by atoms with E-state index in [9.17, 15) is 5.11 Å². The molecular formula is C24H30N4O2. The molecule has 2 aromatic rings. The van der Waals surface area contributed by atoms with Crippen molar-refractivity contribution < 1.29 is 9.84 Å². The van der Waals surface area contributed by atoms with Gasteiger partial charge in [0.25, 0.3) is 0 Å². The van der Waals surface area contributed by atoms with Crippen LogP contribution in [0.2, 0.25) is 0 Å². The summed E-state index contributed by atoms with van der Waals surface area (Å²) >= 11 is 0. The normalized spacial score (nSPS) is 24.7. The first kappa shape index (κ1) is 21.0. The SMILES string of the molecule is COCC#Cc1ccc([C@H]2[C@H](CO)N3CCCCN(Cc4cncnc4)C[C@@H]23)cc1. The maximum atomic E-state index is 10.1. The number of aromatic nitrogens is 2. The third-order valence-electron chi connectivity index (χ3n) is 6.22. The second-order valence-electron chi connectivity index (χ2n) is 8.13. The lowest BCUT2D eigenvalue weighted by atomic mass is 9.74. The predicted octanol–water partition coefficient (Wildman–Crippen LogP) is 1.90. The van der Waals surface area contributed by atoms with Crippen LogP contribution in [0.15, 0.2) is 43.0 Å². The molecule has 30 heavy (non-hydrogen) atoms. The van der Waals surface area contributed by atoms with Gasteiger partial charge in [-0.3, -0.25) is 9.80 Å². The summed E-state index contributed by atoms with van der Waals surface area (Å²) in [6.07, 6.45) is 7.73. The molecule has 4 rings (SSSR count). The Kier molecular flexibility index (Phi) is 7.08. The Morgan fingerprint density at radius 1 is 1.13 bits per heavy atom. The van der Waals surface area contributed by atoms with E-state index in [1.807, 2.05) is 12.4 Å². The van der Waals surface area contributed by atoms with E-state index in [2.05, 4.69) is 55.9 Å². The zero-order valence-electron chi connectivity index (χ0n) is 17.6. The fourth-order valence-electron chi connectivity index (χ4n) is 4.82. The molecule has 0 bridgehead atoms. The van der Waals surface area contributed by atoms with Gasteiger partial charge in [-0.2, -0.15) is 0 Å². The molecule has 1 aromatic carbocycles. The molecule has 1 aromatic heterocycles. The number of ether oxygens (including phenoxy) is 1. The van der Waals surface area contributed by atoms with Gasteiger partial charge in [-0.1, -0.05) is 24.0 Å². The van der Waals surface area contributed by atoms with Crippen molar-refractivity contribution in [3.05, 3.63) is 59.7 Å². The van der Waals surface area contributed by atoms with Gasteiger partial charge in [-0.25, -0.2) is 9.97 Å². The van der Waals surface area contributed by atoms with Crippen LogP contribution >= 0.6 is 0 Å². The molecule has 2 aliphatic heterocycles. The Morgan fingerprint density at radius 2 is 1.90 bits per heavy atom. The first-order chi connectivity index (χ1) is 14.8. The summed E-state index contributed by atoms with van der Waals surface area (Å²) in [5.74, 6) is 6.46. The molecule has 158 valence electrons. The molecular weight excluding hydrogens is 376 g/mol. The maximum absolute atomic E-state index is 10.1. The quantitative estimate of drug-likeness (QED) is 0.766. The molecule has 0 aliphatic carbocycles. The summed E-state index contributed by atoms with van der Waals surface area (Å²) in [7, 11) is 1.65. The fraction of sp³-hybridized carbons (Fsp3) is 0.500. The van der Waals surface area contributed by atoms with Crippen molar-refractivity contribution in [2.24, 2.45) is 0 Å². The fourth-order valence-corrected chi connectivity index (χ4v) is 4.82. The predicted molar refractivity (Wildman–Crippen MR) is 116 cm³/mol. The summed E-state index contributed by atoms with van der Waals surface area (Å²) in [6, 6.07) is 9.12. The summed E-state index contributed by atoms with van der Waals surface area (Å²) in [5.41, 5.74) is 3.44. The van der Waals surface area contributed by atoms with Crippen LogP contribution in [0.5, 0.6) is 0 Å². The third-order valence-corrected chi connectivity index (χ3v) is 6.22. The molecule has 2 saturated heterocycles. The largest absolute Gasteiger partial charge is 0.395 e. The summed E-state index contributed by atoms with van der Waals surface area (Å²) < 4.78 is 5.00. The first-order valence-corrected chi connectivity index (χ1v) is 10.7. The lowest BCUT2D eigenvalue weighted by Crippen LogP contribution is -2.67. The van der Waals surface area contributed by atoms with Gasteiger partial charge in [0.05, 0.1) is 6.61 Å². The number of hydrogen-bond donors (Lipinski definition) is 1. The van der Waals surface area contributed by atoms with Gasteiger partial charge in [0, 0.05) is 61.7 Å². The van der Waals surface area contributed by atoms with E-state index in [1.54, 1.807) is 13.4 Å². The van der Waals surface area contributed by atoms with E-state index in [0.717, 1.165) is 43.7 Å². The first-order valence-electron chi connectivity index (χ1n) is 10.7. The van der Waals surface area contributed by atoms with Crippen LogP contribution in [0.25, 0.3) is 0 Å². The van der Waals surface area contributed by atoms with Crippen LogP contribution in [-0.2, 0) is 11.3 Å². The minimum absolute atomic E-state index is 0.195. The van der Waals surface area contributed by atoms with E-state index in [4.69, 9.17) is 4.74 Å². The summed E-state index contributed by atoms with van der Waals surface area (Å²) in [5, 5.41) is 10.1. The molecule has 0 spiro atoms. The average molecular weight is 407 g/mol. The van der Waals surface area contributed by atoms with Crippen LogP contribution in [0, 0.1) is 11.8 Å². The Bertz CT molecular complexity index is 862. The molecule has 6 heteroatoms. The van der Waals surface area contributed by atoms with Crippen molar-refractivity contribution >= 4 is 0 Å². The van der Waals surface area contributed by atoms with Crippen LogP contribution in [0.1, 0.15) is 35.4 Å². The van der Waals surface area contributed by atoms with Gasteiger partial charge in [0.15, 0.2) is 0 Å². The van der Waals surface area contributed by atoms with Crippen molar-refractivity contribution in [2.45, 2.75) is 37.4 Å². The molecule has 3 atom stereocenters. The zero-order chi connectivity index (χ0) is 20.8. The highest BCUT2D eigenvalue weighted by molar-refractivity contribution is 5.39. The number of aliphatic hydroxyl groups excluding tert-OH is 1. The van der Waals surface area contributed by atoms with Gasteiger partial charge >= 0.3 is 0 Å². The van der Waals surface area contributed by atoms with Crippen LogP contribution in [-0.4, -0.2) is 76.9 Å². The summed E-state index contributed by atoms with van der Waals surface area (Å²) in [4.78, 5) is 13.3. The zero-order valence-corrected chi connectivity index (χ0v) is 17.6. The van der Waals surface area contributed by atoms with Crippen LogP contribution in [0.4, 0.5) is 0 Å². The summed E-state index contributed by atoms with van der Waals surface area (Å²) in [6.45, 7) is 4.65. The van der Waals surface area contributed by atoms with Gasteiger partial charge in [0.2, 0.25) is 0 Å². The molecule has 2 fully saturated rings. The molecule has 3 heterocycles. The number of rotatable bonds is 5. The van der Waals surface area contributed by atoms with Crippen molar-refractivity contribution in [3.8, 4) is 11.8 Å². The second kappa shape index (κ2) is 10.1. The number of nitrogens with zero attached hydrogens (tertiary/aromatic N) is 4. The highest BCUT2D eigenvalue weighted by atomic mass is 16.5. The topological polar surface area (TPSA) is 61.7 Å². The molecule has 1 N–H and O–H groups in total. The Labute approximate surface area is 178 Å². The average Bonchev–Trinajstić information content (AvgIpc) is 2.76. The lowest BCUT2D eigenvalue weighted by molar-refractivity contribution is -0.0655. The number of methoxy groups -OCH3 is 1. The van der Waals surface area contributed by atoms with Crippen molar-refractivity contribution in [1.29, 1.82) is 0 Å². The van der Waals surface area contributed by atoms with E-state index in [0.29, 0.717) is 18.6 Å². The van der Waals surface area contributed by atoms with Crippen molar-refractivity contribution in [2.75, 3.05) is 40.0 Å². The van der Waals surface area contributed by atoms with Crippen LogP contribution in [0.3, 0.4) is 0 Å². The molecule has 2 aliphatic rings. The van der Waals surface area contributed by atoms with Gasteiger partial charge in [-0.15, -0.1) is 0 Å². The highest BCUT2D eigenvalue weighted by Gasteiger charge is 2.48. The van der Waals surface area contributed by atoms with E-state index in [-0.39, 0.29) is 12.6 Å². The van der Waals surface area contributed by atoms with E-state index < -0.39 is 0 Å². The molecule has 0 amide bonds. The monoisotopic (exact) mass is 406 g/mol. The van der Waals surface area contributed by atoms with Crippen molar-refractivity contribution in [3.63, 3.8) is 0 Å². The lowest BCUT2D eigenvalue weighted by Gasteiger charge is -2.57. The van der Waals surface area contributed by atoms with E-state index in [1.165, 1.54) is 12.0 Å². The Hall–Kier alpha value is -2.30. The number of hydrogen-bond acceptors (Lipinski definition) is 6. The second-order valence-corrected chi connectivity index (χ2v) is 8.13. The maximum Gasteiger partial charge on any atom is 0.115 e. The Morgan fingerprint density at radius 3 is 2.63 bits per heavy atom. The van der Waals surface area contributed by atoms with Gasteiger partial charge in [-0.05, 0) is 43.6 Å². The third kappa shape index (κ3) is 4.71. The Balaban J connectivity index is 1.50. The number of benzene rings is 1. The van der Waals surface area contributed by atoms with E-state index >= 15 is 0 Å². The smallest absolute Gasteiger partial charge is 0.115 e. The van der Waals surface area contributed by atoms with Crippen molar-refractivity contribution in [1.82, 2.24) is 19.8 Å². The molecule has 6 nitrogen and oxygen atoms in total. The van der Waals surface area contributed by atoms with Gasteiger partial charge < -0.3 is 9.84 Å². The minimum atomic E-state index is 0.195. The number of fused-ring (bicyclic) bond motifs is 1. The molecule has 0 saturated carbocycles. The molecule has 0 radical (unpaired) electrons. The van der Waals surface area contributed by atoms with Crippen LogP contribution < -0.4 is 0 Å².